The number of amides is 1. The van der Waals surface area contributed by atoms with E-state index in [1.807, 2.05) is 129 Å². The van der Waals surface area contributed by atoms with Crippen molar-refractivity contribution in [3.63, 3.8) is 0 Å². The Morgan fingerprint density at radius 2 is 1.33 bits per heavy atom. The number of aromatic amines is 1. The van der Waals surface area contributed by atoms with Crippen LogP contribution in [0, 0.1) is 6.92 Å². The van der Waals surface area contributed by atoms with E-state index in [9.17, 15) is 14.2 Å². The van der Waals surface area contributed by atoms with Gasteiger partial charge < -0.3 is 14.2 Å². The predicted octanol–water partition coefficient (Wildman–Crippen LogP) is 8.91. The highest BCUT2D eigenvalue weighted by Crippen LogP contribution is 2.53. The van der Waals surface area contributed by atoms with Gasteiger partial charge in [-0.2, -0.15) is 5.10 Å². The van der Waals surface area contributed by atoms with E-state index in [0.29, 0.717) is 17.8 Å². The van der Waals surface area contributed by atoms with Gasteiger partial charge in [0.25, 0.3) is 5.91 Å². The standard InChI is InChI=1S/C42H43N4O7P/c1-4-5-25-45(3)41(47)36-26-35(40-43-44-42(48)46(40)37-24-16-15-17-31(37)2)38(50-28-32-18-9-6-10-19-32)27-39(36)53-54(49,51-29-33-20-11-7-12-21-33)52-30-34-22-13-8-14-23-34/h6-24,26-27H,4-5,25,28-30H2,1-3H3,(H,44,48). The topological polar surface area (TPSA) is 125 Å². The van der Waals surface area contributed by atoms with Gasteiger partial charge in [0.1, 0.15) is 18.1 Å². The lowest BCUT2D eigenvalue weighted by atomic mass is 10.1. The summed E-state index contributed by atoms with van der Waals surface area (Å²) in [4.78, 5) is 29.3. The number of H-pyrrole nitrogens is 1. The van der Waals surface area contributed by atoms with Crippen molar-refractivity contribution in [2.45, 2.75) is 46.5 Å². The van der Waals surface area contributed by atoms with Crippen molar-refractivity contribution in [2.24, 2.45) is 0 Å². The molecule has 1 amide bonds. The maximum absolute atomic E-state index is 14.7. The number of aryl methyl sites for hydroxylation is 1. The van der Waals surface area contributed by atoms with Crippen LogP contribution in [0.2, 0.25) is 0 Å². The number of hydrogen-bond donors (Lipinski definition) is 1. The first-order chi connectivity index (χ1) is 26.2. The maximum atomic E-state index is 14.7. The normalized spacial score (nSPS) is 11.3. The number of nitrogens with one attached hydrogen (secondary N) is 1. The maximum Gasteiger partial charge on any atom is 0.530 e. The second-order valence-corrected chi connectivity index (χ2v) is 14.3. The number of para-hydroxylation sites is 1. The lowest BCUT2D eigenvalue weighted by Crippen LogP contribution is -2.28. The van der Waals surface area contributed by atoms with Crippen molar-refractivity contribution in [3.8, 4) is 28.6 Å². The molecule has 6 aromatic rings. The first-order valence-electron chi connectivity index (χ1n) is 17.7. The van der Waals surface area contributed by atoms with Crippen LogP contribution in [0.25, 0.3) is 17.1 Å². The molecule has 1 aromatic heterocycles. The largest absolute Gasteiger partial charge is 0.530 e. The zero-order chi connectivity index (χ0) is 37.9. The van der Waals surface area contributed by atoms with Gasteiger partial charge in [-0.1, -0.05) is 123 Å². The molecule has 0 aliphatic heterocycles. The van der Waals surface area contributed by atoms with Gasteiger partial charge in [-0.05, 0) is 47.7 Å². The molecule has 54 heavy (non-hydrogen) atoms. The molecule has 0 aliphatic rings. The fourth-order valence-electron chi connectivity index (χ4n) is 5.72. The van der Waals surface area contributed by atoms with Crippen LogP contribution in [0.5, 0.6) is 11.5 Å². The molecule has 0 fully saturated rings. The zero-order valence-corrected chi connectivity index (χ0v) is 31.4. The molecule has 278 valence electrons. The van der Waals surface area contributed by atoms with Gasteiger partial charge in [-0.25, -0.2) is 19.0 Å². The monoisotopic (exact) mass is 746 g/mol. The summed E-state index contributed by atoms with van der Waals surface area (Å²) in [6.45, 7) is 4.34. The summed E-state index contributed by atoms with van der Waals surface area (Å²) in [6.07, 6.45) is 1.62. The number of ether oxygens (including phenoxy) is 1. The molecule has 0 atom stereocenters. The number of carbonyl (C=O) groups is 1. The van der Waals surface area contributed by atoms with Gasteiger partial charge in [0.2, 0.25) is 0 Å². The number of carbonyl (C=O) groups excluding carboxylic acids is 1. The molecular formula is C42H43N4O7P. The van der Waals surface area contributed by atoms with Crippen LogP contribution in [0.15, 0.2) is 132 Å². The molecule has 1 N–H and O–H groups in total. The molecule has 0 saturated carbocycles. The van der Waals surface area contributed by atoms with Crippen LogP contribution in [0.4, 0.5) is 0 Å². The molecule has 0 saturated heterocycles. The van der Waals surface area contributed by atoms with Crippen LogP contribution < -0.4 is 15.0 Å². The molecule has 0 spiro atoms. The Bertz CT molecular complexity index is 2210. The lowest BCUT2D eigenvalue weighted by molar-refractivity contribution is 0.0790. The van der Waals surface area contributed by atoms with E-state index >= 15 is 0 Å². The third-order valence-electron chi connectivity index (χ3n) is 8.69. The fourth-order valence-corrected chi connectivity index (χ4v) is 6.90. The number of benzene rings is 5. The molecule has 5 aromatic carbocycles. The smallest absolute Gasteiger partial charge is 0.488 e. The fraction of sp³-hybridized carbons (Fsp3) is 0.214. The van der Waals surface area contributed by atoms with Crippen molar-refractivity contribution < 1.29 is 27.7 Å². The molecule has 0 aliphatic carbocycles. The minimum atomic E-state index is -4.44. The van der Waals surface area contributed by atoms with Gasteiger partial charge in [0.15, 0.2) is 5.82 Å². The van der Waals surface area contributed by atoms with Crippen molar-refractivity contribution in [2.75, 3.05) is 13.6 Å². The van der Waals surface area contributed by atoms with Crippen LogP contribution in [-0.2, 0) is 33.4 Å². The Balaban J connectivity index is 1.50. The summed E-state index contributed by atoms with van der Waals surface area (Å²) in [5, 5.41) is 6.99. The summed E-state index contributed by atoms with van der Waals surface area (Å²) in [5.41, 5.74) is 3.69. The molecule has 0 radical (unpaired) electrons. The van der Waals surface area contributed by atoms with Crippen molar-refractivity contribution in [1.82, 2.24) is 19.7 Å². The van der Waals surface area contributed by atoms with E-state index in [0.717, 1.165) is 35.1 Å². The number of rotatable bonds is 17. The number of phosphoric acid groups is 1. The summed E-state index contributed by atoms with van der Waals surface area (Å²) in [6, 6.07) is 38.5. The van der Waals surface area contributed by atoms with Crippen LogP contribution in [-0.4, -0.2) is 39.2 Å². The van der Waals surface area contributed by atoms with Gasteiger partial charge in [0.05, 0.1) is 30.0 Å². The molecule has 0 unspecified atom stereocenters. The SMILES string of the molecule is CCCCN(C)C(=O)c1cc(-c2n[nH]c(=O)n2-c2ccccc2C)c(OCc2ccccc2)cc1OP(=O)(OCc1ccccc1)OCc1ccccc1. The van der Waals surface area contributed by atoms with E-state index < -0.39 is 19.4 Å². The molecule has 0 bridgehead atoms. The number of nitrogens with zero attached hydrogens (tertiary/aromatic N) is 3. The third-order valence-corrected chi connectivity index (χ3v) is 10.00. The second-order valence-electron chi connectivity index (χ2n) is 12.7. The summed E-state index contributed by atoms with van der Waals surface area (Å²) in [7, 11) is -2.75. The summed E-state index contributed by atoms with van der Waals surface area (Å²) in [5.74, 6) is -0.0710. The van der Waals surface area contributed by atoms with Gasteiger partial charge in [-0.3, -0.25) is 13.8 Å². The number of phosphoric ester groups is 1. The van der Waals surface area contributed by atoms with E-state index in [1.54, 1.807) is 18.0 Å². The molecule has 11 nitrogen and oxygen atoms in total. The van der Waals surface area contributed by atoms with Crippen LogP contribution in [0.3, 0.4) is 0 Å². The van der Waals surface area contributed by atoms with Gasteiger partial charge >= 0.3 is 13.5 Å². The van der Waals surface area contributed by atoms with Gasteiger partial charge in [0, 0.05) is 19.7 Å². The van der Waals surface area contributed by atoms with E-state index in [2.05, 4.69) is 10.2 Å². The Kier molecular flexibility index (Phi) is 12.6. The zero-order valence-electron chi connectivity index (χ0n) is 30.5. The summed E-state index contributed by atoms with van der Waals surface area (Å²) < 4.78 is 40.7. The Hall–Kier alpha value is -5.74. The minimum Gasteiger partial charge on any atom is -0.488 e. The Morgan fingerprint density at radius 3 is 1.91 bits per heavy atom. The van der Waals surface area contributed by atoms with Crippen molar-refractivity contribution >= 4 is 13.7 Å². The quantitative estimate of drug-likeness (QED) is 0.0918. The lowest BCUT2D eigenvalue weighted by Gasteiger charge is -2.24. The van der Waals surface area contributed by atoms with E-state index in [4.69, 9.17) is 18.3 Å². The predicted molar refractivity (Wildman–Crippen MR) is 208 cm³/mol. The highest BCUT2D eigenvalue weighted by Gasteiger charge is 2.33. The average molecular weight is 747 g/mol. The Morgan fingerprint density at radius 1 is 0.778 bits per heavy atom. The van der Waals surface area contributed by atoms with E-state index in [-0.39, 0.29) is 42.7 Å². The highest BCUT2D eigenvalue weighted by molar-refractivity contribution is 7.48. The van der Waals surface area contributed by atoms with Crippen molar-refractivity contribution in [1.29, 1.82) is 0 Å². The highest BCUT2D eigenvalue weighted by atomic mass is 31.2. The summed E-state index contributed by atoms with van der Waals surface area (Å²) >= 11 is 0. The van der Waals surface area contributed by atoms with Crippen LogP contribution in [0.1, 0.15) is 52.4 Å². The molecule has 1 heterocycles. The first-order valence-corrected chi connectivity index (χ1v) is 19.2. The second kappa shape index (κ2) is 17.9. The van der Waals surface area contributed by atoms with Crippen LogP contribution >= 0.6 is 7.82 Å². The third kappa shape index (κ3) is 9.43. The number of aromatic nitrogens is 3. The number of hydrogen-bond acceptors (Lipinski definition) is 8. The molecule has 12 heteroatoms. The average Bonchev–Trinajstić information content (AvgIpc) is 3.59. The van der Waals surface area contributed by atoms with Crippen molar-refractivity contribution in [3.05, 3.63) is 166 Å². The molecular weight excluding hydrogens is 703 g/mol. The first kappa shape index (κ1) is 38.0. The minimum absolute atomic E-state index is 0.0503. The van der Waals surface area contributed by atoms with E-state index in [1.165, 1.54) is 10.6 Å². The number of unbranched alkanes of at least 4 members (excludes halogenated alkanes) is 1. The molecule has 6 rings (SSSR count). The Labute approximate surface area is 314 Å². The van der Waals surface area contributed by atoms with Gasteiger partial charge in [-0.15, -0.1) is 0 Å².